The lowest BCUT2D eigenvalue weighted by molar-refractivity contribution is 0.554. The van der Waals surface area contributed by atoms with Gasteiger partial charge in [0.25, 0.3) is 0 Å². The van der Waals surface area contributed by atoms with Crippen molar-refractivity contribution >= 4 is 10.0 Å². The average molecular weight is 310 g/mol. The molecule has 118 valence electrons. The van der Waals surface area contributed by atoms with Crippen LogP contribution in [0.2, 0.25) is 0 Å². The van der Waals surface area contributed by atoms with Crippen LogP contribution in [0.4, 0.5) is 0 Å². The highest BCUT2D eigenvalue weighted by Gasteiger charge is 2.47. The molecule has 2 N–H and O–H groups in total. The lowest BCUT2D eigenvalue weighted by atomic mass is 10.1. The van der Waals surface area contributed by atoms with Gasteiger partial charge in [0.2, 0.25) is 10.0 Å². The predicted molar refractivity (Wildman–Crippen MR) is 85.7 cm³/mol. The summed E-state index contributed by atoms with van der Waals surface area (Å²) >= 11 is 0. The first-order chi connectivity index (χ1) is 9.76. The molecule has 0 aromatic heterocycles. The van der Waals surface area contributed by atoms with Gasteiger partial charge in [0.05, 0.1) is 4.90 Å². The molecule has 0 aliphatic heterocycles. The number of sulfonamides is 1. The monoisotopic (exact) mass is 310 g/mol. The molecule has 21 heavy (non-hydrogen) atoms. The Hall–Kier alpha value is -0.910. The molecule has 5 heteroatoms. The second kappa shape index (κ2) is 6.07. The first-order valence-electron chi connectivity index (χ1n) is 7.62. The molecule has 1 aromatic rings. The van der Waals surface area contributed by atoms with Crippen LogP contribution < -0.4 is 10.0 Å². The molecular weight excluding hydrogens is 284 g/mol. The van der Waals surface area contributed by atoms with Crippen molar-refractivity contribution in [1.82, 2.24) is 10.0 Å². The molecule has 0 heterocycles. The average Bonchev–Trinajstić information content (AvgIpc) is 3.02. The third-order valence-corrected chi connectivity index (χ3v) is 5.69. The van der Waals surface area contributed by atoms with E-state index < -0.39 is 10.0 Å². The second-order valence-electron chi connectivity index (χ2n) is 6.61. The third kappa shape index (κ3) is 4.05. The number of hydrogen-bond donors (Lipinski definition) is 2. The SMILES string of the molecule is CCCNC(C)c1ccc(S(=O)(=O)NC2CC2(C)C)cc1. The fraction of sp³-hybridized carbons (Fsp3) is 0.625. The van der Waals surface area contributed by atoms with Crippen molar-refractivity contribution in [3.63, 3.8) is 0 Å². The molecule has 2 unspecified atom stereocenters. The van der Waals surface area contributed by atoms with Crippen LogP contribution in [-0.2, 0) is 10.0 Å². The molecule has 2 atom stereocenters. The molecule has 2 rings (SSSR count). The van der Waals surface area contributed by atoms with Crippen molar-refractivity contribution in [1.29, 1.82) is 0 Å². The fourth-order valence-electron chi connectivity index (χ4n) is 2.34. The summed E-state index contributed by atoms with van der Waals surface area (Å²) in [6, 6.07) is 7.46. The molecule has 1 aliphatic rings. The van der Waals surface area contributed by atoms with E-state index in [9.17, 15) is 8.42 Å². The molecule has 0 bridgehead atoms. The maximum Gasteiger partial charge on any atom is 0.240 e. The van der Waals surface area contributed by atoms with Crippen LogP contribution >= 0.6 is 0 Å². The Morgan fingerprint density at radius 1 is 1.29 bits per heavy atom. The first kappa shape index (κ1) is 16.5. The standard InChI is InChI=1S/C16H26N2O2S/c1-5-10-17-12(2)13-6-8-14(9-7-13)21(19,20)18-15-11-16(15,3)4/h6-9,12,15,17-18H,5,10-11H2,1-4H3. The van der Waals surface area contributed by atoms with Crippen LogP contribution in [0.5, 0.6) is 0 Å². The highest BCUT2D eigenvalue weighted by atomic mass is 32.2. The summed E-state index contributed by atoms with van der Waals surface area (Å²) in [7, 11) is -3.40. The highest BCUT2D eigenvalue weighted by Crippen LogP contribution is 2.45. The number of benzene rings is 1. The molecule has 1 fully saturated rings. The minimum absolute atomic E-state index is 0.0623. The van der Waals surface area contributed by atoms with Crippen molar-refractivity contribution in [2.75, 3.05) is 6.54 Å². The maximum absolute atomic E-state index is 12.3. The molecule has 1 aliphatic carbocycles. The van der Waals surface area contributed by atoms with E-state index in [0.29, 0.717) is 4.90 Å². The molecular formula is C16H26N2O2S. The van der Waals surface area contributed by atoms with Gasteiger partial charge in [0, 0.05) is 12.1 Å². The van der Waals surface area contributed by atoms with Gasteiger partial charge in [0.15, 0.2) is 0 Å². The molecule has 1 aromatic carbocycles. The van der Waals surface area contributed by atoms with Gasteiger partial charge in [-0.25, -0.2) is 13.1 Å². The normalized spacial score (nSPS) is 22.0. The van der Waals surface area contributed by atoms with Crippen molar-refractivity contribution in [3.8, 4) is 0 Å². The van der Waals surface area contributed by atoms with E-state index in [2.05, 4.69) is 37.7 Å². The van der Waals surface area contributed by atoms with E-state index in [1.165, 1.54) is 0 Å². The zero-order chi connectivity index (χ0) is 15.7. The third-order valence-electron chi connectivity index (χ3n) is 4.20. The van der Waals surface area contributed by atoms with Gasteiger partial charge in [-0.3, -0.25) is 0 Å². The minimum Gasteiger partial charge on any atom is -0.310 e. The topological polar surface area (TPSA) is 58.2 Å². The van der Waals surface area contributed by atoms with Gasteiger partial charge in [-0.1, -0.05) is 32.9 Å². The quantitative estimate of drug-likeness (QED) is 0.814. The fourth-order valence-corrected chi connectivity index (χ4v) is 3.75. The van der Waals surface area contributed by atoms with Gasteiger partial charge in [-0.2, -0.15) is 0 Å². The Morgan fingerprint density at radius 3 is 2.33 bits per heavy atom. The molecule has 0 amide bonds. The summed E-state index contributed by atoms with van der Waals surface area (Å²) in [5.74, 6) is 0. The van der Waals surface area contributed by atoms with E-state index in [-0.39, 0.29) is 17.5 Å². The summed E-state index contributed by atoms with van der Waals surface area (Å²) < 4.78 is 27.4. The smallest absolute Gasteiger partial charge is 0.240 e. The maximum atomic E-state index is 12.3. The van der Waals surface area contributed by atoms with Crippen LogP contribution in [0.25, 0.3) is 0 Å². The van der Waals surface area contributed by atoms with Crippen LogP contribution in [0.1, 0.15) is 52.1 Å². The number of hydrogen-bond acceptors (Lipinski definition) is 3. The van der Waals surface area contributed by atoms with E-state index in [1.807, 2.05) is 12.1 Å². The van der Waals surface area contributed by atoms with Crippen LogP contribution in [-0.4, -0.2) is 21.0 Å². The number of rotatable bonds is 7. The minimum atomic E-state index is -3.40. The Bertz CT molecular complexity index is 579. The summed E-state index contributed by atoms with van der Waals surface area (Å²) in [4.78, 5) is 0.344. The first-order valence-corrected chi connectivity index (χ1v) is 9.10. The van der Waals surface area contributed by atoms with E-state index in [4.69, 9.17) is 0 Å². The lowest BCUT2D eigenvalue weighted by Gasteiger charge is -2.14. The van der Waals surface area contributed by atoms with E-state index in [1.54, 1.807) is 12.1 Å². The second-order valence-corrected chi connectivity index (χ2v) is 8.33. The van der Waals surface area contributed by atoms with Crippen LogP contribution in [0, 0.1) is 5.41 Å². The summed E-state index contributed by atoms with van der Waals surface area (Å²) in [6.07, 6.45) is 1.99. The van der Waals surface area contributed by atoms with Crippen LogP contribution in [0.15, 0.2) is 29.2 Å². The largest absolute Gasteiger partial charge is 0.310 e. The molecule has 0 saturated heterocycles. The summed E-state index contributed by atoms with van der Waals surface area (Å²) in [6.45, 7) is 9.32. The van der Waals surface area contributed by atoms with Crippen molar-refractivity contribution in [2.24, 2.45) is 5.41 Å². The summed E-state index contributed by atoms with van der Waals surface area (Å²) in [5, 5.41) is 3.39. The highest BCUT2D eigenvalue weighted by molar-refractivity contribution is 7.89. The van der Waals surface area contributed by atoms with Gasteiger partial charge in [-0.05, 0) is 49.4 Å². The Labute approximate surface area is 128 Å². The van der Waals surface area contributed by atoms with Gasteiger partial charge in [0.1, 0.15) is 0 Å². The van der Waals surface area contributed by atoms with Gasteiger partial charge >= 0.3 is 0 Å². The molecule has 1 saturated carbocycles. The van der Waals surface area contributed by atoms with Crippen molar-refractivity contribution < 1.29 is 8.42 Å². The van der Waals surface area contributed by atoms with E-state index in [0.717, 1.165) is 24.9 Å². The molecule has 0 radical (unpaired) electrons. The van der Waals surface area contributed by atoms with Crippen molar-refractivity contribution in [3.05, 3.63) is 29.8 Å². The Morgan fingerprint density at radius 2 is 1.86 bits per heavy atom. The zero-order valence-electron chi connectivity index (χ0n) is 13.3. The Balaban J connectivity index is 2.04. The van der Waals surface area contributed by atoms with E-state index >= 15 is 0 Å². The van der Waals surface area contributed by atoms with Crippen molar-refractivity contribution in [2.45, 2.75) is 57.5 Å². The Kier molecular flexibility index (Phi) is 4.76. The summed E-state index contributed by atoms with van der Waals surface area (Å²) in [5.41, 5.74) is 1.19. The van der Waals surface area contributed by atoms with Gasteiger partial charge in [-0.15, -0.1) is 0 Å². The zero-order valence-corrected chi connectivity index (χ0v) is 14.1. The lowest BCUT2D eigenvalue weighted by Crippen LogP contribution is -2.28. The molecule has 4 nitrogen and oxygen atoms in total. The van der Waals surface area contributed by atoms with Crippen LogP contribution in [0.3, 0.4) is 0 Å². The van der Waals surface area contributed by atoms with Gasteiger partial charge < -0.3 is 5.32 Å². The molecule has 0 spiro atoms. The predicted octanol–water partition coefficient (Wildman–Crippen LogP) is 2.82. The number of nitrogens with one attached hydrogen (secondary N) is 2.